The van der Waals surface area contributed by atoms with Gasteiger partial charge in [0.15, 0.2) is 0 Å². The molecule has 4 nitrogen and oxygen atoms in total. The van der Waals surface area contributed by atoms with Crippen LogP contribution in [0.3, 0.4) is 0 Å². The molecule has 4 heteroatoms. The first-order valence-electron chi connectivity index (χ1n) is 8.08. The number of benzene rings is 1. The number of hydrogen-bond donors (Lipinski definition) is 1. The van der Waals surface area contributed by atoms with Gasteiger partial charge in [0.05, 0.1) is 0 Å². The van der Waals surface area contributed by atoms with Gasteiger partial charge in [0.25, 0.3) is 0 Å². The van der Waals surface area contributed by atoms with E-state index in [9.17, 15) is 4.79 Å². The van der Waals surface area contributed by atoms with E-state index in [0.29, 0.717) is 5.92 Å². The largest absolute Gasteiger partial charge is 0.444 e. The van der Waals surface area contributed by atoms with E-state index < -0.39 is 5.60 Å². The second kappa shape index (κ2) is 7.14. The Morgan fingerprint density at radius 2 is 2.00 bits per heavy atom. The first kappa shape index (κ1) is 16.8. The summed E-state index contributed by atoms with van der Waals surface area (Å²) < 4.78 is 5.42. The molecule has 0 saturated carbocycles. The van der Waals surface area contributed by atoms with Crippen molar-refractivity contribution in [3.63, 3.8) is 0 Å². The van der Waals surface area contributed by atoms with Gasteiger partial charge >= 0.3 is 6.09 Å². The molecule has 1 aromatic rings. The predicted octanol–water partition coefficient (Wildman–Crippen LogP) is 3.34. The molecule has 1 N–H and O–H groups in total. The van der Waals surface area contributed by atoms with Crippen LogP contribution in [0, 0.1) is 12.8 Å². The number of rotatable bonds is 4. The molecule has 122 valence electrons. The van der Waals surface area contributed by atoms with Crippen molar-refractivity contribution >= 4 is 6.09 Å². The van der Waals surface area contributed by atoms with Crippen LogP contribution in [0.15, 0.2) is 24.3 Å². The summed E-state index contributed by atoms with van der Waals surface area (Å²) >= 11 is 0. The van der Waals surface area contributed by atoms with Crippen molar-refractivity contribution < 1.29 is 9.53 Å². The number of carbonyl (C=O) groups is 1. The van der Waals surface area contributed by atoms with Gasteiger partial charge in [0, 0.05) is 26.2 Å². The van der Waals surface area contributed by atoms with E-state index in [4.69, 9.17) is 4.74 Å². The smallest absolute Gasteiger partial charge is 0.410 e. The highest BCUT2D eigenvalue weighted by Crippen LogP contribution is 2.19. The van der Waals surface area contributed by atoms with Crippen LogP contribution in [0.5, 0.6) is 0 Å². The van der Waals surface area contributed by atoms with Gasteiger partial charge in [-0.05, 0) is 45.6 Å². The minimum Gasteiger partial charge on any atom is -0.444 e. The number of amides is 1. The second-order valence-corrected chi connectivity index (χ2v) is 7.20. The molecule has 22 heavy (non-hydrogen) atoms. The number of nitrogens with one attached hydrogen (secondary N) is 1. The monoisotopic (exact) mass is 304 g/mol. The topological polar surface area (TPSA) is 41.6 Å². The van der Waals surface area contributed by atoms with E-state index in [-0.39, 0.29) is 6.09 Å². The molecule has 1 aliphatic heterocycles. The van der Waals surface area contributed by atoms with Gasteiger partial charge in [-0.2, -0.15) is 0 Å². The maximum atomic E-state index is 12.0. The van der Waals surface area contributed by atoms with Gasteiger partial charge < -0.3 is 15.0 Å². The molecule has 1 atom stereocenters. The summed E-state index contributed by atoms with van der Waals surface area (Å²) in [6.45, 7) is 11.2. The first-order chi connectivity index (χ1) is 10.3. The van der Waals surface area contributed by atoms with Gasteiger partial charge in [0.2, 0.25) is 0 Å². The summed E-state index contributed by atoms with van der Waals surface area (Å²) in [5, 5.41) is 3.49. The lowest BCUT2D eigenvalue weighted by Crippen LogP contribution is -2.36. The molecule has 0 aromatic heterocycles. The average molecular weight is 304 g/mol. The summed E-state index contributed by atoms with van der Waals surface area (Å²) in [6.07, 6.45) is 0.855. The van der Waals surface area contributed by atoms with Crippen LogP contribution < -0.4 is 5.32 Å². The molecule has 0 spiro atoms. The third kappa shape index (κ3) is 5.34. The highest BCUT2D eigenvalue weighted by molar-refractivity contribution is 5.68. The zero-order chi connectivity index (χ0) is 16.2. The number of likely N-dealkylation sites (tertiary alicyclic amines) is 1. The summed E-state index contributed by atoms with van der Waals surface area (Å²) in [6, 6.07) is 8.58. The second-order valence-electron chi connectivity index (χ2n) is 7.20. The third-order valence-electron chi connectivity index (χ3n) is 3.82. The molecular weight excluding hydrogens is 276 g/mol. The SMILES string of the molecule is Cc1ccc(CNCC2CCN(C(=O)OC(C)(C)C)C2)cc1. The molecule has 1 fully saturated rings. The average Bonchev–Trinajstić information content (AvgIpc) is 2.88. The summed E-state index contributed by atoms with van der Waals surface area (Å²) in [4.78, 5) is 13.8. The summed E-state index contributed by atoms with van der Waals surface area (Å²) in [7, 11) is 0. The van der Waals surface area contributed by atoms with Crippen LogP contribution in [0.4, 0.5) is 4.79 Å². The minimum absolute atomic E-state index is 0.187. The van der Waals surface area contributed by atoms with Crippen LogP contribution in [-0.4, -0.2) is 36.2 Å². The number of aryl methyl sites for hydroxylation is 1. The van der Waals surface area contributed by atoms with Crippen molar-refractivity contribution in [3.8, 4) is 0 Å². The van der Waals surface area contributed by atoms with Gasteiger partial charge in [-0.25, -0.2) is 4.79 Å². The molecule has 1 aromatic carbocycles. The fraction of sp³-hybridized carbons (Fsp3) is 0.611. The molecule has 1 unspecified atom stereocenters. The van der Waals surface area contributed by atoms with Crippen molar-refractivity contribution in [1.29, 1.82) is 0 Å². The Bertz CT molecular complexity index is 491. The maximum Gasteiger partial charge on any atom is 0.410 e. The lowest BCUT2D eigenvalue weighted by Gasteiger charge is -2.24. The van der Waals surface area contributed by atoms with E-state index >= 15 is 0 Å². The zero-order valence-corrected chi connectivity index (χ0v) is 14.2. The van der Waals surface area contributed by atoms with E-state index in [2.05, 4.69) is 36.5 Å². The van der Waals surface area contributed by atoms with Crippen LogP contribution in [-0.2, 0) is 11.3 Å². The van der Waals surface area contributed by atoms with E-state index in [0.717, 1.165) is 32.6 Å². The molecular formula is C18H28N2O2. The zero-order valence-electron chi connectivity index (χ0n) is 14.2. The van der Waals surface area contributed by atoms with E-state index in [1.807, 2.05) is 25.7 Å². The van der Waals surface area contributed by atoms with Crippen LogP contribution >= 0.6 is 0 Å². The third-order valence-corrected chi connectivity index (χ3v) is 3.82. The van der Waals surface area contributed by atoms with Crippen molar-refractivity contribution in [2.24, 2.45) is 5.92 Å². The standard InChI is InChI=1S/C18H28N2O2/c1-14-5-7-15(8-6-14)11-19-12-16-9-10-20(13-16)17(21)22-18(2,3)4/h5-8,16,19H,9-13H2,1-4H3. The Morgan fingerprint density at radius 3 is 2.64 bits per heavy atom. The lowest BCUT2D eigenvalue weighted by molar-refractivity contribution is 0.0288. The van der Waals surface area contributed by atoms with Crippen molar-refractivity contribution in [3.05, 3.63) is 35.4 Å². The maximum absolute atomic E-state index is 12.0. The van der Waals surface area contributed by atoms with E-state index in [1.165, 1.54) is 11.1 Å². The Labute approximate surface area is 133 Å². The molecule has 1 heterocycles. The van der Waals surface area contributed by atoms with Gasteiger partial charge in [0.1, 0.15) is 5.60 Å². The molecule has 0 bridgehead atoms. The van der Waals surface area contributed by atoms with Crippen LogP contribution in [0.1, 0.15) is 38.3 Å². The molecule has 0 aliphatic carbocycles. The highest BCUT2D eigenvalue weighted by Gasteiger charge is 2.29. The van der Waals surface area contributed by atoms with Crippen LogP contribution in [0.2, 0.25) is 0 Å². The van der Waals surface area contributed by atoms with Crippen molar-refractivity contribution in [2.45, 2.75) is 46.3 Å². The predicted molar refractivity (Wildman–Crippen MR) is 88.8 cm³/mol. The molecule has 2 rings (SSSR count). The van der Waals surface area contributed by atoms with Gasteiger partial charge in [-0.15, -0.1) is 0 Å². The molecule has 1 aliphatic rings. The number of carbonyl (C=O) groups excluding carboxylic acids is 1. The summed E-state index contributed by atoms with van der Waals surface area (Å²) in [5.41, 5.74) is 2.17. The summed E-state index contributed by atoms with van der Waals surface area (Å²) in [5.74, 6) is 0.512. The van der Waals surface area contributed by atoms with E-state index in [1.54, 1.807) is 0 Å². The normalized spacial score (nSPS) is 18.5. The fourth-order valence-corrected chi connectivity index (χ4v) is 2.62. The fourth-order valence-electron chi connectivity index (χ4n) is 2.62. The Balaban J connectivity index is 1.70. The van der Waals surface area contributed by atoms with Crippen LogP contribution in [0.25, 0.3) is 0 Å². The number of nitrogens with zero attached hydrogens (tertiary/aromatic N) is 1. The number of ether oxygens (including phenoxy) is 1. The Kier molecular flexibility index (Phi) is 5.46. The van der Waals surface area contributed by atoms with Gasteiger partial charge in [-0.1, -0.05) is 29.8 Å². The molecule has 1 saturated heterocycles. The molecule has 1 amide bonds. The Hall–Kier alpha value is -1.55. The molecule has 0 radical (unpaired) electrons. The van der Waals surface area contributed by atoms with Crippen molar-refractivity contribution in [1.82, 2.24) is 10.2 Å². The minimum atomic E-state index is -0.418. The lowest BCUT2D eigenvalue weighted by atomic mass is 10.1. The first-order valence-corrected chi connectivity index (χ1v) is 8.08. The number of hydrogen-bond acceptors (Lipinski definition) is 3. The Morgan fingerprint density at radius 1 is 1.32 bits per heavy atom. The highest BCUT2D eigenvalue weighted by atomic mass is 16.6. The van der Waals surface area contributed by atoms with Gasteiger partial charge in [-0.3, -0.25) is 0 Å². The van der Waals surface area contributed by atoms with Crippen molar-refractivity contribution in [2.75, 3.05) is 19.6 Å². The quantitative estimate of drug-likeness (QED) is 0.927.